The molecule has 0 aromatic heterocycles. The van der Waals surface area contributed by atoms with E-state index >= 15 is 0 Å². The smallest absolute Gasteiger partial charge is 0.328 e. The molecule has 0 spiro atoms. The zero-order valence-corrected chi connectivity index (χ0v) is 11.7. The topological polar surface area (TPSA) is 26.0 Å². The molecule has 0 bridgehead atoms. The quantitative estimate of drug-likeness (QED) is 0.840. The van der Waals surface area contributed by atoms with Crippen LogP contribution in [0.25, 0.3) is 0 Å². The standard InChI is InChI=1S/C15H22F3N/c1-10(2)12-7-8-14(15(16,17)18)13(9-12)6-4-5-11(3)19/h7-11H,4-6,19H2,1-3H3/t11-/m0/s1. The van der Waals surface area contributed by atoms with E-state index in [-0.39, 0.29) is 12.0 Å². The van der Waals surface area contributed by atoms with Crippen LogP contribution in [0.4, 0.5) is 13.2 Å². The van der Waals surface area contributed by atoms with Gasteiger partial charge in [-0.1, -0.05) is 26.0 Å². The van der Waals surface area contributed by atoms with Gasteiger partial charge >= 0.3 is 6.18 Å². The van der Waals surface area contributed by atoms with Crippen molar-refractivity contribution < 1.29 is 13.2 Å². The van der Waals surface area contributed by atoms with Gasteiger partial charge in [0.2, 0.25) is 0 Å². The highest BCUT2D eigenvalue weighted by atomic mass is 19.4. The van der Waals surface area contributed by atoms with Crippen LogP contribution in [0.1, 0.15) is 56.2 Å². The molecular formula is C15H22F3N. The summed E-state index contributed by atoms with van der Waals surface area (Å²) in [6.45, 7) is 5.83. The highest BCUT2D eigenvalue weighted by molar-refractivity contribution is 5.35. The fourth-order valence-electron chi connectivity index (χ4n) is 2.07. The Balaban J connectivity index is 2.98. The lowest BCUT2D eigenvalue weighted by Gasteiger charge is -2.16. The molecule has 19 heavy (non-hydrogen) atoms. The Kier molecular flexibility index (Phi) is 5.41. The first-order chi connectivity index (χ1) is 8.71. The van der Waals surface area contributed by atoms with Gasteiger partial charge in [-0.2, -0.15) is 13.2 Å². The van der Waals surface area contributed by atoms with E-state index in [9.17, 15) is 13.2 Å². The van der Waals surface area contributed by atoms with Crippen LogP contribution in [-0.2, 0) is 12.6 Å². The molecule has 1 aromatic rings. The summed E-state index contributed by atoms with van der Waals surface area (Å²) in [5, 5.41) is 0. The molecule has 1 atom stereocenters. The first-order valence-corrected chi connectivity index (χ1v) is 6.67. The molecule has 0 saturated heterocycles. The molecule has 1 nitrogen and oxygen atoms in total. The second-order valence-electron chi connectivity index (χ2n) is 5.44. The molecular weight excluding hydrogens is 251 g/mol. The molecule has 0 aliphatic heterocycles. The predicted molar refractivity (Wildman–Crippen MR) is 72.1 cm³/mol. The molecule has 0 aliphatic carbocycles. The van der Waals surface area contributed by atoms with Crippen molar-refractivity contribution in [3.63, 3.8) is 0 Å². The Morgan fingerprint density at radius 3 is 2.26 bits per heavy atom. The fourth-order valence-corrected chi connectivity index (χ4v) is 2.07. The molecule has 0 aliphatic rings. The molecule has 0 saturated carbocycles. The minimum atomic E-state index is -4.28. The van der Waals surface area contributed by atoms with E-state index in [0.29, 0.717) is 18.4 Å². The maximum atomic E-state index is 12.9. The SMILES string of the molecule is CC(C)c1ccc(C(F)(F)F)c(CCC[C@H](C)N)c1. The minimum absolute atomic E-state index is 0.0302. The van der Waals surface area contributed by atoms with E-state index in [1.54, 1.807) is 12.1 Å². The molecule has 108 valence electrons. The summed E-state index contributed by atoms with van der Waals surface area (Å²) in [7, 11) is 0. The Hall–Kier alpha value is -1.03. The van der Waals surface area contributed by atoms with Crippen LogP contribution < -0.4 is 5.73 Å². The van der Waals surface area contributed by atoms with Crippen molar-refractivity contribution >= 4 is 0 Å². The van der Waals surface area contributed by atoms with Gasteiger partial charge in [0.1, 0.15) is 0 Å². The van der Waals surface area contributed by atoms with E-state index in [1.165, 1.54) is 6.07 Å². The van der Waals surface area contributed by atoms with E-state index < -0.39 is 11.7 Å². The van der Waals surface area contributed by atoms with Crippen molar-refractivity contribution in [1.82, 2.24) is 0 Å². The van der Waals surface area contributed by atoms with Crippen LogP contribution in [0.2, 0.25) is 0 Å². The van der Waals surface area contributed by atoms with Gasteiger partial charge in [-0.05, 0) is 49.3 Å². The van der Waals surface area contributed by atoms with Crippen LogP contribution in [0, 0.1) is 0 Å². The summed E-state index contributed by atoms with van der Waals surface area (Å²) in [5.74, 6) is 0.231. The van der Waals surface area contributed by atoms with Crippen LogP contribution in [0.5, 0.6) is 0 Å². The summed E-state index contributed by atoms with van der Waals surface area (Å²) >= 11 is 0. The van der Waals surface area contributed by atoms with Gasteiger partial charge in [0, 0.05) is 6.04 Å². The Morgan fingerprint density at radius 2 is 1.79 bits per heavy atom. The average molecular weight is 273 g/mol. The van der Waals surface area contributed by atoms with E-state index in [4.69, 9.17) is 5.73 Å². The molecule has 4 heteroatoms. The summed E-state index contributed by atoms with van der Waals surface area (Å²) < 4.78 is 38.8. The first kappa shape index (κ1) is 16.0. The number of nitrogens with two attached hydrogens (primary N) is 1. The molecule has 0 heterocycles. The lowest BCUT2D eigenvalue weighted by Crippen LogP contribution is -2.15. The maximum absolute atomic E-state index is 12.9. The van der Waals surface area contributed by atoms with Crippen LogP contribution >= 0.6 is 0 Å². The van der Waals surface area contributed by atoms with Gasteiger partial charge in [0.05, 0.1) is 5.56 Å². The monoisotopic (exact) mass is 273 g/mol. The third-order valence-corrected chi connectivity index (χ3v) is 3.21. The summed E-state index contributed by atoms with van der Waals surface area (Å²) in [6.07, 6.45) is -2.43. The Morgan fingerprint density at radius 1 is 1.16 bits per heavy atom. The molecule has 0 fully saturated rings. The second-order valence-corrected chi connectivity index (χ2v) is 5.44. The van der Waals surface area contributed by atoms with Crippen molar-refractivity contribution in [3.05, 3.63) is 34.9 Å². The van der Waals surface area contributed by atoms with E-state index in [2.05, 4.69) is 0 Å². The van der Waals surface area contributed by atoms with Gasteiger partial charge in [0.15, 0.2) is 0 Å². The molecule has 0 unspecified atom stereocenters. The third-order valence-electron chi connectivity index (χ3n) is 3.21. The van der Waals surface area contributed by atoms with Crippen molar-refractivity contribution in [1.29, 1.82) is 0 Å². The van der Waals surface area contributed by atoms with Crippen LogP contribution in [-0.4, -0.2) is 6.04 Å². The molecule has 1 aromatic carbocycles. The van der Waals surface area contributed by atoms with Gasteiger partial charge in [0.25, 0.3) is 0 Å². The summed E-state index contributed by atoms with van der Waals surface area (Å²) in [5.41, 5.74) is 6.46. The molecule has 0 amide bonds. The highest BCUT2D eigenvalue weighted by Gasteiger charge is 2.33. The minimum Gasteiger partial charge on any atom is -0.328 e. The van der Waals surface area contributed by atoms with Gasteiger partial charge in [-0.25, -0.2) is 0 Å². The number of benzene rings is 1. The first-order valence-electron chi connectivity index (χ1n) is 6.67. The van der Waals surface area contributed by atoms with Crippen molar-refractivity contribution in [3.8, 4) is 0 Å². The largest absolute Gasteiger partial charge is 0.416 e. The summed E-state index contributed by atoms with van der Waals surface area (Å²) in [4.78, 5) is 0. The van der Waals surface area contributed by atoms with Crippen molar-refractivity contribution in [2.24, 2.45) is 5.73 Å². The molecule has 2 N–H and O–H groups in total. The number of hydrogen-bond donors (Lipinski definition) is 1. The number of hydrogen-bond acceptors (Lipinski definition) is 1. The zero-order chi connectivity index (χ0) is 14.6. The third kappa shape index (κ3) is 4.86. The Labute approximate surface area is 113 Å². The Bertz CT molecular complexity index is 408. The second kappa shape index (κ2) is 6.42. The zero-order valence-electron chi connectivity index (χ0n) is 11.7. The predicted octanol–water partition coefficient (Wildman–Crippen LogP) is 4.50. The van der Waals surface area contributed by atoms with Gasteiger partial charge < -0.3 is 5.73 Å². The highest BCUT2D eigenvalue weighted by Crippen LogP contribution is 2.34. The van der Waals surface area contributed by atoms with E-state index in [1.807, 2.05) is 20.8 Å². The number of rotatable bonds is 5. The fraction of sp³-hybridized carbons (Fsp3) is 0.600. The number of alkyl halides is 3. The molecule has 1 rings (SSSR count). The van der Waals surface area contributed by atoms with Gasteiger partial charge in [-0.15, -0.1) is 0 Å². The van der Waals surface area contributed by atoms with Crippen molar-refractivity contribution in [2.45, 2.75) is 58.2 Å². The van der Waals surface area contributed by atoms with Gasteiger partial charge in [-0.3, -0.25) is 0 Å². The molecule has 0 radical (unpaired) electrons. The lowest BCUT2D eigenvalue weighted by atomic mass is 9.94. The van der Waals surface area contributed by atoms with E-state index in [0.717, 1.165) is 12.0 Å². The maximum Gasteiger partial charge on any atom is 0.416 e. The van der Waals surface area contributed by atoms with Crippen molar-refractivity contribution in [2.75, 3.05) is 0 Å². The number of aryl methyl sites for hydroxylation is 1. The normalized spacial score (nSPS) is 13.9. The van der Waals surface area contributed by atoms with Crippen LogP contribution in [0.15, 0.2) is 18.2 Å². The lowest BCUT2D eigenvalue weighted by molar-refractivity contribution is -0.138. The average Bonchev–Trinajstić information content (AvgIpc) is 2.26. The van der Waals surface area contributed by atoms with Crippen LogP contribution in [0.3, 0.4) is 0 Å². The number of halogens is 3. The summed E-state index contributed by atoms with van der Waals surface area (Å²) in [6, 6.07) is 4.50.